The maximum atomic E-state index is 10.5. The molecule has 8 heteroatoms. The van der Waals surface area contributed by atoms with Crippen LogP contribution < -0.4 is 34.4 Å². The molecule has 0 amide bonds. The van der Waals surface area contributed by atoms with Gasteiger partial charge in [-0.3, -0.25) is 4.84 Å². The van der Waals surface area contributed by atoms with Gasteiger partial charge in [-0.15, -0.1) is 10.1 Å². The average molecular weight is 437 g/mol. The maximum absolute atomic E-state index is 10.5. The van der Waals surface area contributed by atoms with Crippen LogP contribution in [0.15, 0.2) is 24.3 Å². The molecule has 0 saturated heterocycles. The van der Waals surface area contributed by atoms with Crippen molar-refractivity contribution in [2.75, 3.05) is 0 Å². The second-order valence-corrected chi connectivity index (χ2v) is 6.50. The molecule has 0 heterocycles. The van der Waals surface area contributed by atoms with E-state index in [2.05, 4.69) is 11.8 Å². The molecule has 0 saturated carbocycles. The van der Waals surface area contributed by atoms with E-state index in [0.717, 1.165) is 26.1 Å². The standard InChI is InChI=1S/C7H5NO5.C2H5.Hg.Na.H/c9-7(10)5-3-1-2-4-6(5)13-8(11)12;1-2;;;/h1-4H,(H,9,10);1H2,2H3;;;/q;;;+1;-1. The van der Waals surface area contributed by atoms with E-state index in [4.69, 9.17) is 5.11 Å². The first-order valence-electron chi connectivity index (χ1n) is 4.46. The molecule has 0 aliphatic heterocycles. The number of aromatic carboxylic acids is 1. The number of carboxylic acids is 1. The zero-order valence-corrected chi connectivity index (χ0v) is 17.2. The number of benzene rings is 1. The Morgan fingerprint density at radius 2 is 2.06 bits per heavy atom. The first-order chi connectivity index (χ1) is 7.52. The van der Waals surface area contributed by atoms with E-state index in [9.17, 15) is 14.9 Å². The minimum atomic E-state index is -1.27. The third-order valence-corrected chi connectivity index (χ3v) is 1.29. The van der Waals surface area contributed by atoms with Crippen molar-refractivity contribution in [2.45, 2.75) is 10.9 Å². The van der Waals surface area contributed by atoms with Gasteiger partial charge in [-0.05, 0) is 12.1 Å². The van der Waals surface area contributed by atoms with Crippen LogP contribution in [0.5, 0.6) is 5.75 Å². The number of carboxylic acid groups (broad SMARTS) is 1. The fraction of sp³-hybridized carbons (Fsp3) is 0.222. The second-order valence-electron chi connectivity index (χ2n) is 2.62. The zero-order chi connectivity index (χ0) is 12.6. The Morgan fingerprint density at radius 3 is 2.47 bits per heavy atom. The molecule has 0 aliphatic carbocycles. The largest absolute Gasteiger partial charge is 1.00 e. The summed E-state index contributed by atoms with van der Waals surface area (Å²) in [4.78, 5) is 24.5. The van der Waals surface area contributed by atoms with Crippen molar-refractivity contribution in [1.29, 1.82) is 0 Å². The quantitative estimate of drug-likeness (QED) is 0.375. The van der Waals surface area contributed by atoms with Gasteiger partial charge >= 0.3 is 72.5 Å². The van der Waals surface area contributed by atoms with Crippen molar-refractivity contribution < 1.29 is 76.9 Å². The SMILES string of the molecule is C[CH2][Hg].O=C(O)c1ccccc1O[N+](=O)[O-].[H-].[Na+]. The van der Waals surface area contributed by atoms with E-state index in [1.807, 2.05) is 0 Å². The van der Waals surface area contributed by atoms with Crippen molar-refractivity contribution in [3.63, 3.8) is 0 Å². The molecule has 17 heavy (non-hydrogen) atoms. The predicted molar refractivity (Wildman–Crippen MR) is 52.6 cm³/mol. The molecule has 6 nitrogen and oxygen atoms in total. The molecule has 0 atom stereocenters. The Hall–Kier alpha value is -0.175. The van der Waals surface area contributed by atoms with Gasteiger partial charge in [-0.25, -0.2) is 4.79 Å². The molecule has 0 aliphatic rings. The molecular formula is C9H11HgNNaO5. The molecular weight excluding hydrogens is 426 g/mol. The van der Waals surface area contributed by atoms with Crippen LogP contribution in [-0.2, 0) is 26.1 Å². The van der Waals surface area contributed by atoms with Crippen molar-refractivity contribution in [2.24, 2.45) is 0 Å². The summed E-state index contributed by atoms with van der Waals surface area (Å²) in [6.45, 7) is 2.21. The number of hydrogen-bond donors (Lipinski definition) is 1. The van der Waals surface area contributed by atoms with E-state index >= 15 is 0 Å². The second kappa shape index (κ2) is 10.9. The van der Waals surface area contributed by atoms with Gasteiger partial charge in [0.15, 0.2) is 0 Å². The van der Waals surface area contributed by atoms with Crippen LogP contribution in [0.4, 0.5) is 0 Å². The Balaban J connectivity index is -0.000000410. The number of hydrogen-bond acceptors (Lipinski definition) is 4. The van der Waals surface area contributed by atoms with E-state index in [1.54, 1.807) is 0 Å². The molecule has 1 rings (SSSR count). The minimum absolute atomic E-state index is 0. The van der Waals surface area contributed by atoms with Gasteiger partial charge in [0.1, 0.15) is 5.75 Å². The molecule has 85 valence electrons. The number of nitrogens with zero attached hydrogens (tertiary/aromatic N) is 1. The predicted octanol–water partition coefficient (Wildman–Crippen LogP) is -0.957. The molecule has 1 N–H and O–H groups in total. The molecule has 1 aromatic rings. The summed E-state index contributed by atoms with van der Waals surface area (Å²) in [5, 5.41) is 17.5. The van der Waals surface area contributed by atoms with Crippen molar-refractivity contribution in [3.05, 3.63) is 39.9 Å². The minimum Gasteiger partial charge on any atom is -1.00 e. The third kappa shape index (κ3) is 8.54. The summed E-state index contributed by atoms with van der Waals surface area (Å²) in [5.74, 6) is -1.54. The molecule has 0 spiro atoms. The molecule has 0 fully saturated rings. The number of para-hydroxylation sites is 1. The van der Waals surface area contributed by atoms with E-state index in [-0.39, 0.29) is 42.3 Å². The monoisotopic (exact) mass is 438 g/mol. The topological polar surface area (TPSA) is 89.7 Å². The number of rotatable bonds is 3. The van der Waals surface area contributed by atoms with Gasteiger partial charge in [0.2, 0.25) is 0 Å². The third-order valence-electron chi connectivity index (χ3n) is 1.29. The van der Waals surface area contributed by atoms with E-state index < -0.39 is 11.1 Å². The van der Waals surface area contributed by atoms with Crippen LogP contribution in [-0.4, -0.2) is 16.2 Å². The molecule has 0 unspecified atom stereocenters. The van der Waals surface area contributed by atoms with Gasteiger partial charge in [0.05, 0.1) is 5.56 Å². The summed E-state index contributed by atoms with van der Waals surface area (Å²) < 4.78 is 1.44. The van der Waals surface area contributed by atoms with Crippen molar-refractivity contribution in [1.82, 2.24) is 0 Å². The van der Waals surface area contributed by atoms with Gasteiger partial charge in [-0.2, -0.15) is 0 Å². The van der Waals surface area contributed by atoms with Gasteiger partial charge in [0, 0.05) is 0 Å². The Bertz CT molecular complexity index is 380. The first-order valence-corrected chi connectivity index (χ1v) is 8.35. The summed E-state index contributed by atoms with van der Waals surface area (Å²) >= 11 is 1.07. The van der Waals surface area contributed by atoms with Crippen LogP contribution in [0.2, 0.25) is 3.93 Å². The van der Waals surface area contributed by atoms with Gasteiger partial charge < -0.3 is 6.53 Å². The maximum Gasteiger partial charge on any atom is 1.00 e. The summed E-state index contributed by atoms with van der Waals surface area (Å²) in [6, 6.07) is 5.34. The van der Waals surface area contributed by atoms with E-state index in [1.165, 1.54) is 28.2 Å². The number of carbonyl (C=O) groups is 1. The van der Waals surface area contributed by atoms with Crippen LogP contribution in [0, 0.1) is 10.1 Å². The summed E-state index contributed by atoms with van der Waals surface area (Å²) in [7, 11) is 0. The normalized spacial score (nSPS) is 8.18. The van der Waals surface area contributed by atoms with Gasteiger partial charge in [0.25, 0.3) is 5.09 Å². The van der Waals surface area contributed by atoms with Crippen molar-refractivity contribution in [3.8, 4) is 5.75 Å². The van der Waals surface area contributed by atoms with Crippen LogP contribution in [0.3, 0.4) is 0 Å². The average Bonchev–Trinajstić information content (AvgIpc) is 2.18. The Morgan fingerprint density at radius 1 is 1.59 bits per heavy atom. The fourth-order valence-electron chi connectivity index (χ4n) is 0.803. The Labute approximate surface area is 138 Å². The molecule has 1 aromatic carbocycles. The molecule has 0 bridgehead atoms. The summed E-state index contributed by atoms with van der Waals surface area (Å²) in [6.07, 6.45) is 0. The zero-order valence-electron chi connectivity index (χ0n) is 10.8. The molecule has 0 aromatic heterocycles. The van der Waals surface area contributed by atoms with Crippen LogP contribution in [0.1, 0.15) is 18.7 Å². The summed E-state index contributed by atoms with van der Waals surface area (Å²) in [5.41, 5.74) is -0.237. The first kappa shape index (κ1) is 19.2. The van der Waals surface area contributed by atoms with Gasteiger partial charge in [-0.1, -0.05) is 12.1 Å². The van der Waals surface area contributed by atoms with Crippen LogP contribution in [0.25, 0.3) is 0 Å². The molecule has 0 radical (unpaired) electrons. The van der Waals surface area contributed by atoms with Crippen molar-refractivity contribution >= 4 is 5.97 Å². The van der Waals surface area contributed by atoms with E-state index in [0.29, 0.717) is 0 Å². The Kier molecular flexibility index (Phi) is 12.3. The smallest absolute Gasteiger partial charge is 1.00 e. The van der Waals surface area contributed by atoms with Crippen LogP contribution >= 0.6 is 0 Å². The fourth-order valence-corrected chi connectivity index (χ4v) is 0.803.